The lowest BCUT2D eigenvalue weighted by atomic mass is 9.87. The first-order valence-corrected chi connectivity index (χ1v) is 10.6. The molecule has 0 aromatic heterocycles. The number of carbonyl (C=O) groups excluding carboxylic acids is 3. The zero-order valence-corrected chi connectivity index (χ0v) is 20.0. The number of amides is 2. The summed E-state index contributed by atoms with van der Waals surface area (Å²) >= 11 is 0. The summed E-state index contributed by atoms with van der Waals surface area (Å²) in [6.07, 6.45) is -0.192. The Morgan fingerprint density at radius 1 is 1.03 bits per heavy atom. The normalized spacial score (nSPS) is 17.6. The molecule has 1 atom stereocenters. The fourth-order valence-corrected chi connectivity index (χ4v) is 3.43. The molecule has 1 fully saturated rings. The van der Waals surface area contributed by atoms with Crippen LogP contribution >= 0.6 is 0 Å². The maximum atomic E-state index is 15.5. The number of alkyl halides is 1. The van der Waals surface area contributed by atoms with Crippen LogP contribution in [0.25, 0.3) is 0 Å². The van der Waals surface area contributed by atoms with Crippen molar-refractivity contribution in [3.05, 3.63) is 0 Å². The highest BCUT2D eigenvalue weighted by molar-refractivity contribution is 5.95. The fraction of sp³-hybridized carbons (Fsp3) is 0.783. The van der Waals surface area contributed by atoms with Crippen LogP contribution in [0.5, 0.6) is 0 Å². The van der Waals surface area contributed by atoms with Gasteiger partial charge in [0, 0.05) is 38.9 Å². The van der Waals surface area contributed by atoms with E-state index in [4.69, 9.17) is 0 Å². The van der Waals surface area contributed by atoms with Gasteiger partial charge in [-0.1, -0.05) is 33.6 Å². The van der Waals surface area contributed by atoms with E-state index in [1.165, 1.54) is 16.8 Å². The summed E-state index contributed by atoms with van der Waals surface area (Å²) in [5.74, 6) is 4.12. The first kappa shape index (κ1) is 26.1. The fourth-order valence-electron chi connectivity index (χ4n) is 3.43. The summed E-state index contributed by atoms with van der Waals surface area (Å²) in [5, 5.41) is 0. The van der Waals surface area contributed by atoms with Crippen LogP contribution in [0.1, 0.15) is 54.4 Å². The molecule has 0 saturated carbocycles. The van der Waals surface area contributed by atoms with Gasteiger partial charge in [0.1, 0.15) is 0 Å². The molecular formula is C23H38FN3O3. The van der Waals surface area contributed by atoms with Crippen LogP contribution < -0.4 is 0 Å². The maximum absolute atomic E-state index is 15.5. The van der Waals surface area contributed by atoms with Gasteiger partial charge >= 0.3 is 0 Å². The Morgan fingerprint density at radius 3 is 1.93 bits per heavy atom. The van der Waals surface area contributed by atoms with Crippen LogP contribution in [0.3, 0.4) is 0 Å². The van der Waals surface area contributed by atoms with Gasteiger partial charge in [0.2, 0.25) is 0 Å². The summed E-state index contributed by atoms with van der Waals surface area (Å²) in [7, 11) is 5.27. The van der Waals surface area contributed by atoms with Gasteiger partial charge in [-0.3, -0.25) is 19.3 Å². The molecule has 6 nitrogen and oxygen atoms in total. The van der Waals surface area contributed by atoms with Gasteiger partial charge in [-0.15, -0.1) is 0 Å². The lowest BCUT2D eigenvalue weighted by Crippen LogP contribution is -2.57. The van der Waals surface area contributed by atoms with Crippen molar-refractivity contribution >= 4 is 17.6 Å². The standard InChI is InChI=1S/C23H38FN3O3/c1-16(2)19(20(29)17(3)4)26(9)21(30)23(24)12-14-27(15-13-23)18(28)10-11-22(5,6)25(7)8/h16-17,19H,12-15H2,1-9H3. The zero-order chi connectivity index (χ0) is 23.4. The van der Waals surface area contributed by atoms with Gasteiger partial charge in [0.15, 0.2) is 11.5 Å². The zero-order valence-electron chi connectivity index (χ0n) is 20.0. The molecular weight excluding hydrogens is 385 g/mol. The van der Waals surface area contributed by atoms with Crippen molar-refractivity contribution in [1.82, 2.24) is 14.7 Å². The molecule has 170 valence electrons. The molecule has 0 bridgehead atoms. The second-order valence-electron chi connectivity index (χ2n) is 9.62. The van der Waals surface area contributed by atoms with Crippen LogP contribution in [-0.4, -0.2) is 83.8 Å². The number of nitrogens with zero attached hydrogens (tertiary/aromatic N) is 3. The van der Waals surface area contributed by atoms with Gasteiger partial charge in [-0.05, 0) is 39.8 Å². The van der Waals surface area contributed by atoms with Crippen molar-refractivity contribution < 1.29 is 18.8 Å². The number of likely N-dealkylation sites (tertiary alicyclic amines) is 1. The second kappa shape index (κ2) is 9.91. The van der Waals surface area contributed by atoms with Gasteiger partial charge in [-0.2, -0.15) is 0 Å². The lowest BCUT2D eigenvalue weighted by Gasteiger charge is -2.39. The molecule has 30 heavy (non-hydrogen) atoms. The van der Waals surface area contributed by atoms with E-state index in [1.54, 1.807) is 13.8 Å². The third kappa shape index (κ3) is 6.04. The minimum absolute atomic E-state index is 0.0733. The third-order valence-corrected chi connectivity index (χ3v) is 6.05. The monoisotopic (exact) mass is 423 g/mol. The predicted octanol–water partition coefficient (Wildman–Crippen LogP) is 2.37. The average Bonchev–Trinajstić information content (AvgIpc) is 2.65. The van der Waals surface area contributed by atoms with E-state index in [0.29, 0.717) is 0 Å². The number of likely N-dealkylation sites (N-methyl/N-ethyl adjacent to an activating group) is 1. The molecule has 1 aliphatic rings. The summed E-state index contributed by atoms with van der Waals surface area (Å²) in [6, 6.07) is -0.663. The van der Waals surface area contributed by atoms with Crippen LogP contribution in [0.15, 0.2) is 0 Å². The van der Waals surface area contributed by atoms with Crippen molar-refractivity contribution in [3.8, 4) is 11.8 Å². The van der Waals surface area contributed by atoms with Crippen LogP contribution in [0.2, 0.25) is 0 Å². The highest BCUT2D eigenvalue weighted by Crippen LogP contribution is 2.30. The van der Waals surface area contributed by atoms with Gasteiger partial charge in [0.05, 0.1) is 11.6 Å². The first-order chi connectivity index (χ1) is 13.6. The van der Waals surface area contributed by atoms with Gasteiger partial charge in [0.25, 0.3) is 11.8 Å². The third-order valence-electron chi connectivity index (χ3n) is 6.05. The maximum Gasteiger partial charge on any atom is 0.298 e. The molecule has 1 aliphatic heterocycles. The lowest BCUT2D eigenvalue weighted by molar-refractivity contribution is -0.154. The topological polar surface area (TPSA) is 60.9 Å². The summed E-state index contributed by atoms with van der Waals surface area (Å²) in [6.45, 7) is 11.3. The number of ketones is 1. The largest absolute Gasteiger partial charge is 0.333 e. The molecule has 0 spiro atoms. The predicted molar refractivity (Wildman–Crippen MR) is 116 cm³/mol. The molecule has 1 heterocycles. The molecule has 0 aromatic rings. The van der Waals surface area contributed by atoms with E-state index < -0.39 is 23.2 Å². The number of rotatable bonds is 6. The van der Waals surface area contributed by atoms with Crippen molar-refractivity contribution in [2.75, 3.05) is 34.2 Å². The van der Waals surface area contributed by atoms with E-state index in [0.717, 1.165) is 0 Å². The molecule has 1 unspecified atom stereocenters. The Morgan fingerprint density at radius 2 is 1.53 bits per heavy atom. The minimum atomic E-state index is -2.08. The Balaban J connectivity index is 2.87. The summed E-state index contributed by atoms with van der Waals surface area (Å²) in [5.41, 5.74) is -2.53. The van der Waals surface area contributed by atoms with Crippen molar-refractivity contribution in [2.24, 2.45) is 11.8 Å². The molecule has 0 N–H and O–H groups in total. The molecule has 1 saturated heterocycles. The van der Waals surface area contributed by atoms with E-state index in [-0.39, 0.29) is 49.5 Å². The SMILES string of the molecule is CC(C)C(=O)C(C(C)C)N(C)C(=O)C1(F)CCN(C(=O)C#CC(C)(C)N(C)C)CC1. The second-order valence-corrected chi connectivity index (χ2v) is 9.62. The smallest absolute Gasteiger partial charge is 0.298 e. The Bertz CT molecular complexity index is 711. The first-order valence-electron chi connectivity index (χ1n) is 10.6. The van der Waals surface area contributed by atoms with E-state index in [1.807, 2.05) is 46.7 Å². The van der Waals surface area contributed by atoms with Crippen LogP contribution in [-0.2, 0) is 14.4 Å². The molecule has 7 heteroatoms. The number of hydrogen-bond acceptors (Lipinski definition) is 4. The van der Waals surface area contributed by atoms with Gasteiger partial charge < -0.3 is 9.80 Å². The molecule has 1 rings (SSSR count). The molecule has 2 amide bonds. The van der Waals surface area contributed by atoms with E-state index >= 15 is 4.39 Å². The van der Waals surface area contributed by atoms with Crippen LogP contribution in [0.4, 0.5) is 4.39 Å². The van der Waals surface area contributed by atoms with Crippen molar-refractivity contribution in [1.29, 1.82) is 0 Å². The van der Waals surface area contributed by atoms with E-state index in [9.17, 15) is 14.4 Å². The highest BCUT2D eigenvalue weighted by Gasteiger charge is 2.46. The highest BCUT2D eigenvalue weighted by atomic mass is 19.1. The number of carbonyl (C=O) groups is 3. The summed E-state index contributed by atoms with van der Waals surface area (Å²) in [4.78, 5) is 42.6. The van der Waals surface area contributed by atoms with E-state index in [2.05, 4.69) is 11.8 Å². The quantitative estimate of drug-likeness (QED) is 0.616. The number of halogens is 1. The number of hydrogen-bond donors (Lipinski definition) is 0. The van der Waals surface area contributed by atoms with Crippen LogP contribution in [0, 0.1) is 23.7 Å². The Labute approximate surface area is 181 Å². The Hall–Kier alpha value is -1.94. The molecule has 0 aliphatic carbocycles. The van der Waals surface area contributed by atoms with Crippen molar-refractivity contribution in [2.45, 2.75) is 71.6 Å². The summed E-state index contributed by atoms with van der Waals surface area (Å²) < 4.78 is 15.5. The molecule has 0 radical (unpaired) electrons. The Kier molecular flexibility index (Phi) is 8.62. The van der Waals surface area contributed by atoms with Gasteiger partial charge in [-0.25, -0.2) is 4.39 Å². The number of piperidine rings is 1. The minimum Gasteiger partial charge on any atom is -0.333 e. The molecule has 0 aromatic carbocycles. The average molecular weight is 424 g/mol. The number of Topliss-reactive ketones (excluding diaryl/α,β-unsaturated/α-hetero) is 1. The van der Waals surface area contributed by atoms with Crippen molar-refractivity contribution in [3.63, 3.8) is 0 Å².